The highest BCUT2D eigenvalue weighted by atomic mass is 79.9. The summed E-state index contributed by atoms with van der Waals surface area (Å²) in [5.41, 5.74) is 7.23. The molecule has 16 heavy (non-hydrogen) atoms. The van der Waals surface area contributed by atoms with Crippen LogP contribution in [0.4, 0.5) is 8.78 Å². The van der Waals surface area contributed by atoms with E-state index in [4.69, 9.17) is 5.73 Å². The molecule has 84 valence electrons. The second kappa shape index (κ2) is 4.57. The van der Waals surface area contributed by atoms with Gasteiger partial charge in [0.05, 0.1) is 16.0 Å². The Bertz CT molecular complexity index is 502. The standard InChI is InChI=1S/C10H7BrF2N2S/c11-5-1-2-6(12)8(9(5)13)10(14)7-3-15-4-16-7/h1-4,10H,14H2. The Labute approximate surface area is 103 Å². The molecular weight excluding hydrogens is 298 g/mol. The van der Waals surface area contributed by atoms with E-state index in [2.05, 4.69) is 20.9 Å². The van der Waals surface area contributed by atoms with Crippen molar-refractivity contribution in [3.8, 4) is 0 Å². The van der Waals surface area contributed by atoms with Crippen LogP contribution in [0, 0.1) is 11.6 Å². The van der Waals surface area contributed by atoms with E-state index in [1.807, 2.05) is 0 Å². The van der Waals surface area contributed by atoms with Crippen LogP contribution in [0.1, 0.15) is 16.5 Å². The van der Waals surface area contributed by atoms with Gasteiger partial charge in [-0.05, 0) is 28.1 Å². The highest BCUT2D eigenvalue weighted by molar-refractivity contribution is 9.10. The van der Waals surface area contributed by atoms with Gasteiger partial charge in [-0.25, -0.2) is 8.78 Å². The van der Waals surface area contributed by atoms with E-state index in [0.29, 0.717) is 4.88 Å². The van der Waals surface area contributed by atoms with Crippen molar-refractivity contribution < 1.29 is 8.78 Å². The first kappa shape index (κ1) is 11.6. The number of hydrogen-bond donors (Lipinski definition) is 1. The molecule has 0 radical (unpaired) electrons. The van der Waals surface area contributed by atoms with E-state index >= 15 is 0 Å². The van der Waals surface area contributed by atoms with Crippen LogP contribution in [-0.4, -0.2) is 4.98 Å². The maximum absolute atomic E-state index is 13.7. The maximum Gasteiger partial charge on any atom is 0.145 e. The largest absolute Gasteiger partial charge is 0.319 e. The normalized spacial score (nSPS) is 12.8. The molecule has 1 aromatic heterocycles. The summed E-state index contributed by atoms with van der Waals surface area (Å²) < 4.78 is 27.4. The van der Waals surface area contributed by atoms with Gasteiger partial charge in [0.15, 0.2) is 0 Å². The van der Waals surface area contributed by atoms with Crippen LogP contribution in [0.2, 0.25) is 0 Å². The highest BCUT2D eigenvalue weighted by Crippen LogP contribution is 2.30. The monoisotopic (exact) mass is 304 g/mol. The fraction of sp³-hybridized carbons (Fsp3) is 0.100. The molecule has 6 heteroatoms. The number of hydrogen-bond acceptors (Lipinski definition) is 3. The number of rotatable bonds is 2. The lowest BCUT2D eigenvalue weighted by atomic mass is 10.1. The molecule has 2 nitrogen and oxygen atoms in total. The maximum atomic E-state index is 13.7. The predicted molar refractivity (Wildman–Crippen MR) is 62.2 cm³/mol. The SMILES string of the molecule is NC(c1cncs1)c1c(F)ccc(Br)c1F. The van der Waals surface area contributed by atoms with Gasteiger partial charge in [-0.3, -0.25) is 4.98 Å². The fourth-order valence-corrected chi connectivity index (χ4v) is 2.32. The summed E-state index contributed by atoms with van der Waals surface area (Å²) >= 11 is 4.27. The minimum atomic E-state index is -0.829. The number of halogens is 3. The smallest absolute Gasteiger partial charge is 0.145 e. The van der Waals surface area contributed by atoms with Crippen molar-refractivity contribution in [2.45, 2.75) is 6.04 Å². The Morgan fingerprint density at radius 1 is 1.38 bits per heavy atom. The summed E-state index contributed by atoms with van der Waals surface area (Å²) in [5.74, 6) is -1.32. The summed E-state index contributed by atoms with van der Waals surface area (Å²) in [6.07, 6.45) is 1.51. The lowest BCUT2D eigenvalue weighted by molar-refractivity contribution is 0.540. The Hall–Kier alpha value is -0.850. The van der Waals surface area contributed by atoms with Gasteiger partial charge in [0, 0.05) is 16.6 Å². The van der Waals surface area contributed by atoms with Crippen LogP contribution >= 0.6 is 27.3 Å². The first-order valence-electron chi connectivity index (χ1n) is 4.38. The molecule has 0 aliphatic carbocycles. The Kier molecular flexibility index (Phi) is 3.32. The van der Waals surface area contributed by atoms with E-state index in [1.54, 1.807) is 5.51 Å². The highest BCUT2D eigenvalue weighted by Gasteiger charge is 2.21. The van der Waals surface area contributed by atoms with Gasteiger partial charge >= 0.3 is 0 Å². The first-order chi connectivity index (χ1) is 7.61. The molecule has 1 aromatic carbocycles. The molecule has 2 rings (SSSR count). The molecule has 2 aromatic rings. The van der Waals surface area contributed by atoms with E-state index in [0.717, 1.165) is 0 Å². The van der Waals surface area contributed by atoms with Crippen LogP contribution in [0.3, 0.4) is 0 Å². The number of thiazole rings is 1. The quantitative estimate of drug-likeness (QED) is 0.865. The zero-order chi connectivity index (χ0) is 11.7. The average Bonchev–Trinajstić information content (AvgIpc) is 2.77. The average molecular weight is 305 g/mol. The fourth-order valence-electron chi connectivity index (χ4n) is 1.35. The molecule has 1 heterocycles. The number of benzene rings is 1. The van der Waals surface area contributed by atoms with Crippen molar-refractivity contribution in [1.82, 2.24) is 4.98 Å². The zero-order valence-corrected chi connectivity index (χ0v) is 10.4. The molecule has 0 amide bonds. The van der Waals surface area contributed by atoms with Crippen molar-refractivity contribution in [2.24, 2.45) is 5.73 Å². The summed E-state index contributed by atoms with van der Waals surface area (Å²) in [6, 6.07) is 1.67. The molecular formula is C10H7BrF2N2S. The second-order valence-corrected chi connectivity index (χ2v) is 4.91. The van der Waals surface area contributed by atoms with Crippen LogP contribution in [-0.2, 0) is 0 Å². The predicted octanol–water partition coefficient (Wildman–Crippen LogP) is 3.23. The number of aromatic nitrogens is 1. The second-order valence-electron chi connectivity index (χ2n) is 3.14. The van der Waals surface area contributed by atoms with Crippen LogP contribution in [0.15, 0.2) is 28.3 Å². The van der Waals surface area contributed by atoms with Gasteiger partial charge in [0.2, 0.25) is 0 Å². The lowest BCUT2D eigenvalue weighted by Crippen LogP contribution is -2.14. The van der Waals surface area contributed by atoms with Crippen LogP contribution in [0.5, 0.6) is 0 Å². The molecule has 1 unspecified atom stereocenters. The summed E-state index contributed by atoms with van der Waals surface area (Å²) in [7, 11) is 0. The molecule has 1 atom stereocenters. The van der Waals surface area contributed by atoms with Gasteiger partial charge < -0.3 is 5.73 Å². The number of nitrogens with two attached hydrogens (primary N) is 1. The lowest BCUT2D eigenvalue weighted by Gasteiger charge is -2.12. The number of nitrogens with zero attached hydrogens (tertiary/aromatic N) is 1. The Balaban J connectivity index is 2.52. The van der Waals surface area contributed by atoms with E-state index < -0.39 is 17.7 Å². The molecule has 0 aliphatic rings. The minimum Gasteiger partial charge on any atom is -0.319 e. The molecule has 0 saturated carbocycles. The van der Waals surface area contributed by atoms with Gasteiger partial charge in [0.1, 0.15) is 11.6 Å². The molecule has 0 saturated heterocycles. The zero-order valence-electron chi connectivity index (χ0n) is 7.95. The van der Waals surface area contributed by atoms with Crippen LogP contribution in [0.25, 0.3) is 0 Å². The third-order valence-corrected chi connectivity index (χ3v) is 3.62. The van der Waals surface area contributed by atoms with Gasteiger partial charge in [0.25, 0.3) is 0 Å². The van der Waals surface area contributed by atoms with Gasteiger partial charge in [-0.1, -0.05) is 0 Å². The summed E-state index contributed by atoms with van der Waals surface area (Å²) in [6.45, 7) is 0. The van der Waals surface area contributed by atoms with Gasteiger partial charge in [-0.2, -0.15) is 0 Å². The third-order valence-electron chi connectivity index (χ3n) is 2.15. The molecule has 0 bridgehead atoms. The third kappa shape index (κ3) is 2.00. The van der Waals surface area contributed by atoms with Crippen LogP contribution < -0.4 is 5.73 Å². The van der Waals surface area contributed by atoms with Crippen molar-refractivity contribution in [3.63, 3.8) is 0 Å². The minimum absolute atomic E-state index is 0.140. The molecule has 0 spiro atoms. The Morgan fingerprint density at radius 2 is 2.12 bits per heavy atom. The summed E-state index contributed by atoms with van der Waals surface area (Å²) in [5, 5.41) is 0. The van der Waals surface area contributed by atoms with E-state index in [1.165, 1.54) is 29.7 Å². The van der Waals surface area contributed by atoms with E-state index in [9.17, 15) is 8.78 Å². The summed E-state index contributed by atoms with van der Waals surface area (Å²) in [4.78, 5) is 4.45. The van der Waals surface area contributed by atoms with Gasteiger partial charge in [-0.15, -0.1) is 11.3 Å². The van der Waals surface area contributed by atoms with Crippen molar-refractivity contribution >= 4 is 27.3 Å². The molecule has 0 aliphatic heterocycles. The topological polar surface area (TPSA) is 38.9 Å². The van der Waals surface area contributed by atoms with Crippen molar-refractivity contribution in [3.05, 3.63) is 50.4 Å². The molecule has 2 N–H and O–H groups in total. The van der Waals surface area contributed by atoms with E-state index in [-0.39, 0.29) is 10.0 Å². The Morgan fingerprint density at radius 3 is 2.75 bits per heavy atom. The van der Waals surface area contributed by atoms with Crippen molar-refractivity contribution in [1.29, 1.82) is 0 Å². The molecule has 0 fully saturated rings. The first-order valence-corrected chi connectivity index (χ1v) is 6.06. The van der Waals surface area contributed by atoms with Crippen molar-refractivity contribution in [2.75, 3.05) is 0 Å².